The molecule has 8 rings (SSSR count). The second-order valence-corrected chi connectivity index (χ2v) is 10.9. The van der Waals surface area contributed by atoms with E-state index >= 15 is 0 Å². The van der Waals surface area contributed by atoms with E-state index in [0.717, 1.165) is 38.6 Å². The maximum atomic E-state index is 5.08. The van der Waals surface area contributed by atoms with Gasteiger partial charge >= 0.3 is 0 Å². The Kier molecular flexibility index (Phi) is 6.47. The lowest BCUT2D eigenvalue weighted by Crippen LogP contribution is -2.00. The minimum absolute atomic E-state index is 0.649. The Balaban J connectivity index is 1.29. The predicted octanol–water partition coefficient (Wildman–Crippen LogP) is 10.5. The predicted molar refractivity (Wildman–Crippen MR) is 182 cm³/mol. The summed E-state index contributed by atoms with van der Waals surface area (Å²) in [6.45, 7) is 0. The van der Waals surface area contributed by atoms with E-state index in [-0.39, 0.29) is 0 Å². The lowest BCUT2D eigenvalue weighted by atomic mass is 9.94. The van der Waals surface area contributed by atoms with Crippen molar-refractivity contribution in [1.82, 2.24) is 15.0 Å². The molecule has 0 bridgehead atoms. The lowest BCUT2D eigenvalue weighted by molar-refractivity contribution is 1.08. The van der Waals surface area contributed by atoms with Crippen molar-refractivity contribution in [2.75, 3.05) is 0 Å². The molecule has 206 valence electrons. The van der Waals surface area contributed by atoms with Gasteiger partial charge in [-0.25, -0.2) is 15.0 Å². The molecule has 8 aromatic rings. The van der Waals surface area contributed by atoms with Gasteiger partial charge in [0.15, 0.2) is 17.5 Å². The summed E-state index contributed by atoms with van der Waals surface area (Å²) in [5.41, 5.74) is 7.58. The summed E-state index contributed by atoms with van der Waals surface area (Å²) in [6.07, 6.45) is 0. The van der Waals surface area contributed by atoms with Crippen molar-refractivity contribution in [2.24, 2.45) is 0 Å². The van der Waals surface area contributed by atoms with Gasteiger partial charge in [-0.3, -0.25) is 0 Å². The summed E-state index contributed by atoms with van der Waals surface area (Å²) in [5.74, 6) is 1.96. The Bertz CT molecular complexity index is 2250. The van der Waals surface area contributed by atoms with Crippen molar-refractivity contribution in [2.45, 2.75) is 0 Å². The van der Waals surface area contributed by atoms with E-state index < -0.39 is 0 Å². The molecule has 3 heteroatoms. The zero-order valence-electron chi connectivity index (χ0n) is 23.9. The number of aromatic nitrogens is 3. The van der Waals surface area contributed by atoms with Gasteiger partial charge in [0, 0.05) is 16.7 Å². The van der Waals surface area contributed by atoms with Gasteiger partial charge in [0.25, 0.3) is 0 Å². The van der Waals surface area contributed by atoms with Crippen molar-refractivity contribution in [3.8, 4) is 56.4 Å². The van der Waals surface area contributed by atoms with Crippen molar-refractivity contribution >= 4 is 21.5 Å². The minimum atomic E-state index is 0.649. The highest BCUT2D eigenvalue weighted by Gasteiger charge is 2.15. The molecule has 0 saturated heterocycles. The molecule has 0 radical (unpaired) electrons. The van der Waals surface area contributed by atoms with E-state index in [2.05, 4.69) is 127 Å². The van der Waals surface area contributed by atoms with Gasteiger partial charge in [-0.2, -0.15) is 0 Å². The topological polar surface area (TPSA) is 38.7 Å². The standard InChI is InChI=1S/C41H27N3/c1-3-11-28(12-4-1)29-21-24-33(25-22-29)40-42-39(32-14-5-2-6-15-32)43-41(44-40)37-20-10-17-31-23-26-34(27-38(31)37)36-19-9-16-30-13-7-8-18-35(30)36/h1-27H. The molecular formula is C41H27N3. The molecule has 0 spiro atoms. The molecule has 3 nitrogen and oxygen atoms in total. The largest absolute Gasteiger partial charge is 0.208 e. The number of benzene rings is 7. The third-order valence-electron chi connectivity index (χ3n) is 8.14. The Morgan fingerprint density at radius 2 is 0.750 bits per heavy atom. The Morgan fingerprint density at radius 1 is 0.273 bits per heavy atom. The molecular weight excluding hydrogens is 534 g/mol. The minimum Gasteiger partial charge on any atom is -0.208 e. The first-order valence-electron chi connectivity index (χ1n) is 14.8. The first-order chi connectivity index (χ1) is 21.8. The third kappa shape index (κ3) is 4.81. The molecule has 1 aromatic heterocycles. The van der Waals surface area contributed by atoms with Crippen LogP contribution in [-0.4, -0.2) is 15.0 Å². The van der Waals surface area contributed by atoms with Crippen LogP contribution in [0.4, 0.5) is 0 Å². The fraction of sp³-hybridized carbons (Fsp3) is 0. The average Bonchev–Trinajstić information content (AvgIpc) is 3.11. The number of hydrogen-bond acceptors (Lipinski definition) is 3. The van der Waals surface area contributed by atoms with E-state index in [4.69, 9.17) is 15.0 Å². The molecule has 0 aliphatic carbocycles. The maximum Gasteiger partial charge on any atom is 0.164 e. The zero-order valence-corrected chi connectivity index (χ0v) is 23.9. The second kappa shape index (κ2) is 11.0. The number of fused-ring (bicyclic) bond motifs is 2. The van der Waals surface area contributed by atoms with Crippen LogP contribution in [0.2, 0.25) is 0 Å². The van der Waals surface area contributed by atoms with E-state index in [1.165, 1.54) is 21.9 Å². The molecule has 0 atom stereocenters. The monoisotopic (exact) mass is 561 g/mol. The SMILES string of the molecule is c1ccc(-c2ccc(-c3nc(-c4ccccc4)nc(-c4cccc5ccc(-c6cccc7ccccc67)cc45)n3)cc2)cc1. The zero-order chi connectivity index (χ0) is 29.3. The first-order valence-corrected chi connectivity index (χ1v) is 14.8. The fourth-order valence-corrected chi connectivity index (χ4v) is 5.90. The molecule has 1 heterocycles. The first kappa shape index (κ1) is 25.8. The molecule has 0 amide bonds. The third-order valence-corrected chi connectivity index (χ3v) is 8.14. The van der Waals surface area contributed by atoms with E-state index in [1.54, 1.807) is 0 Å². The van der Waals surface area contributed by atoms with Crippen molar-refractivity contribution in [3.05, 3.63) is 164 Å². The molecule has 0 aliphatic heterocycles. The van der Waals surface area contributed by atoms with Crippen molar-refractivity contribution in [3.63, 3.8) is 0 Å². The van der Waals surface area contributed by atoms with Gasteiger partial charge < -0.3 is 0 Å². The Morgan fingerprint density at radius 3 is 1.48 bits per heavy atom. The normalized spacial score (nSPS) is 11.2. The lowest BCUT2D eigenvalue weighted by Gasteiger charge is -2.12. The smallest absolute Gasteiger partial charge is 0.164 e. The van der Waals surface area contributed by atoms with Gasteiger partial charge in [0.2, 0.25) is 0 Å². The van der Waals surface area contributed by atoms with Crippen LogP contribution >= 0.6 is 0 Å². The van der Waals surface area contributed by atoms with Crippen LogP contribution in [0.3, 0.4) is 0 Å². The number of hydrogen-bond donors (Lipinski definition) is 0. The highest BCUT2D eigenvalue weighted by molar-refractivity contribution is 6.02. The Labute approximate surface area is 256 Å². The molecule has 7 aromatic carbocycles. The average molecular weight is 562 g/mol. The summed E-state index contributed by atoms with van der Waals surface area (Å²) in [4.78, 5) is 15.1. The molecule has 0 N–H and O–H groups in total. The van der Waals surface area contributed by atoms with Crippen LogP contribution in [0.1, 0.15) is 0 Å². The summed E-state index contributed by atoms with van der Waals surface area (Å²) in [7, 11) is 0. The summed E-state index contributed by atoms with van der Waals surface area (Å²) >= 11 is 0. The number of rotatable bonds is 5. The number of nitrogens with zero attached hydrogens (tertiary/aromatic N) is 3. The molecule has 0 fully saturated rings. The molecule has 0 aliphatic rings. The van der Waals surface area contributed by atoms with Gasteiger partial charge in [0.1, 0.15) is 0 Å². The quantitative estimate of drug-likeness (QED) is 0.210. The molecule has 0 unspecified atom stereocenters. The summed E-state index contributed by atoms with van der Waals surface area (Å²) in [5, 5.41) is 4.71. The van der Waals surface area contributed by atoms with Crippen LogP contribution in [0.25, 0.3) is 78.0 Å². The van der Waals surface area contributed by atoms with E-state index in [0.29, 0.717) is 17.5 Å². The van der Waals surface area contributed by atoms with Crippen molar-refractivity contribution < 1.29 is 0 Å². The second-order valence-electron chi connectivity index (χ2n) is 10.9. The van der Waals surface area contributed by atoms with E-state index in [9.17, 15) is 0 Å². The Hall–Kier alpha value is -5.93. The molecule has 0 saturated carbocycles. The van der Waals surface area contributed by atoms with Crippen LogP contribution in [0, 0.1) is 0 Å². The van der Waals surface area contributed by atoms with Gasteiger partial charge in [0.05, 0.1) is 0 Å². The van der Waals surface area contributed by atoms with Crippen molar-refractivity contribution in [1.29, 1.82) is 0 Å². The van der Waals surface area contributed by atoms with Gasteiger partial charge in [-0.1, -0.05) is 158 Å². The van der Waals surface area contributed by atoms with Crippen LogP contribution in [-0.2, 0) is 0 Å². The summed E-state index contributed by atoms with van der Waals surface area (Å²) < 4.78 is 0. The highest BCUT2D eigenvalue weighted by Crippen LogP contribution is 2.35. The maximum absolute atomic E-state index is 5.08. The molecule has 44 heavy (non-hydrogen) atoms. The van der Waals surface area contributed by atoms with Gasteiger partial charge in [-0.15, -0.1) is 0 Å². The van der Waals surface area contributed by atoms with Gasteiger partial charge in [-0.05, 0) is 49.9 Å². The fourth-order valence-electron chi connectivity index (χ4n) is 5.90. The van der Waals surface area contributed by atoms with E-state index in [1.807, 2.05) is 36.4 Å². The van der Waals surface area contributed by atoms with Crippen LogP contribution in [0.5, 0.6) is 0 Å². The summed E-state index contributed by atoms with van der Waals surface area (Å²) in [6, 6.07) is 57.0. The van der Waals surface area contributed by atoms with Crippen LogP contribution < -0.4 is 0 Å². The highest BCUT2D eigenvalue weighted by atomic mass is 15.0. The van der Waals surface area contributed by atoms with Crippen LogP contribution in [0.15, 0.2) is 164 Å².